The molecule has 0 aliphatic carbocycles. The van der Waals surface area contributed by atoms with Crippen LogP contribution in [0.2, 0.25) is 0 Å². The molecule has 0 saturated carbocycles. The van der Waals surface area contributed by atoms with Crippen LogP contribution in [-0.2, 0) is 31.6 Å². The third kappa shape index (κ3) is 4.30. The number of amides is 2. The second-order valence-corrected chi connectivity index (χ2v) is 11.4. The van der Waals surface area contributed by atoms with Gasteiger partial charge in [-0.1, -0.05) is 12.1 Å². The molecular formula is C25H31N3O5S. The van der Waals surface area contributed by atoms with Gasteiger partial charge in [-0.3, -0.25) is 9.59 Å². The van der Waals surface area contributed by atoms with Crippen molar-refractivity contribution in [2.24, 2.45) is 5.92 Å². The van der Waals surface area contributed by atoms with E-state index < -0.39 is 21.4 Å². The minimum absolute atomic E-state index is 0.0661. The van der Waals surface area contributed by atoms with Crippen molar-refractivity contribution in [2.75, 3.05) is 32.1 Å². The Hall–Kier alpha value is -2.91. The fraction of sp³-hybridized carbons (Fsp3) is 0.440. The van der Waals surface area contributed by atoms with E-state index in [1.54, 1.807) is 51.1 Å². The summed E-state index contributed by atoms with van der Waals surface area (Å²) >= 11 is 0. The Bertz CT molecular complexity index is 1210. The van der Waals surface area contributed by atoms with Gasteiger partial charge in [-0.25, -0.2) is 8.42 Å². The molecule has 1 saturated heterocycles. The average molecular weight is 486 g/mol. The van der Waals surface area contributed by atoms with Gasteiger partial charge in [-0.2, -0.15) is 4.31 Å². The molecule has 9 heteroatoms. The van der Waals surface area contributed by atoms with E-state index >= 15 is 0 Å². The summed E-state index contributed by atoms with van der Waals surface area (Å²) in [5.41, 5.74) is 1.58. The third-order valence-corrected chi connectivity index (χ3v) is 8.72. The molecule has 2 heterocycles. The summed E-state index contributed by atoms with van der Waals surface area (Å²) in [6.45, 7) is 4.48. The zero-order valence-corrected chi connectivity index (χ0v) is 20.8. The summed E-state index contributed by atoms with van der Waals surface area (Å²) in [4.78, 5) is 27.1. The predicted molar refractivity (Wildman–Crippen MR) is 129 cm³/mol. The number of ether oxygens (including phenoxy) is 1. The first-order chi connectivity index (χ1) is 16.1. The van der Waals surface area contributed by atoms with E-state index in [1.165, 1.54) is 4.31 Å². The lowest BCUT2D eigenvalue weighted by Gasteiger charge is -2.31. The van der Waals surface area contributed by atoms with Gasteiger partial charge >= 0.3 is 0 Å². The van der Waals surface area contributed by atoms with Crippen LogP contribution in [0.25, 0.3) is 0 Å². The van der Waals surface area contributed by atoms with Crippen molar-refractivity contribution >= 4 is 27.5 Å². The lowest BCUT2D eigenvalue weighted by molar-refractivity contribution is -0.126. The van der Waals surface area contributed by atoms with Gasteiger partial charge in [-0.05, 0) is 68.1 Å². The minimum Gasteiger partial charge on any atom is -0.497 e. The summed E-state index contributed by atoms with van der Waals surface area (Å²) < 4.78 is 33.4. The zero-order chi connectivity index (χ0) is 24.7. The number of fused-ring (bicyclic) bond motifs is 1. The zero-order valence-electron chi connectivity index (χ0n) is 20.0. The lowest BCUT2D eigenvalue weighted by atomic mass is 9.86. The Labute approximate surface area is 200 Å². The molecular weight excluding hydrogens is 454 g/mol. The highest BCUT2D eigenvalue weighted by Crippen LogP contribution is 2.42. The first-order valence-electron chi connectivity index (χ1n) is 11.4. The molecule has 2 aliphatic rings. The molecule has 2 aromatic rings. The monoisotopic (exact) mass is 485 g/mol. The first-order valence-corrected chi connectivity index (χ1v) is 12.8. The Morgan fingerprint density at radius 1 is 1.18 bits per heavy atom. The molecule has 34 heavy (non-hydrogen) atoms. The molecule has 182 valence electrons. The second kappa shape index (κ2) is 9.03. The van der Waals surface area contributed by atoms with Gasteiger partial charge in [0.15, 0.2) is 0 Å². The van der Waals surface area contributed by atoms with E-state index in [4.69, 9.17) is 4.74 Å². The fourth-order valence-electron chi connectivity index (χ4n) is 4.71. The average Bonchev–Trinajstić information content (AvgIpc) is 3.02. The largest absolute Gasteiger partial charge is 0.497 e. The van der Waals surface area contributed by atoms with Crippen LogP contribution in [0.4, 0.5) is 5.69 Å². The molecule has 8 nitrogen and oxygen atoms in total. The molecule has 0 unspecified atom stereocenters. The van der Waals surface area contributed by atoms with E-state index in [1.807, 2.05) is 24.3 Å². The number of sulfonamides is 1. The van der Waals surface area contributed by atoms with Crippen LogP contribution in [0.1, 0.15) is 37.8 Å². The van der Waals surface area contributed by atoms with E-state index in [-0.39, 0.29) is 23.3 Å². The van der Waals surface area contributed by atoms with Gasteiger partial charge in [0.05, 0.1) is 23.3 Å². The van der Waals surface area contributed by atoms with Crippen molar-refractivity contribution in [3.63, 3.8) is 0 Å². The van der Waals surface area contributed by atoms with Gasteiger partial charge in [0.1, 0.15) is 5.75 Å². The van der Waals surface area contributed by atoms with Crippen molar-refractivity contribution in [1.82, 2.24) is 9.62 Å². The predicted octanol–water partition coefficient (Wildman–Crippen LogP) is 2.67. The van der Waals surface area contributed by atoms with E-state index in [9.17, 15) is 18.0 Å². The lowest BCUT2D eigenvalue weighted by Crippen LogP contribution is -2.45. The van der Waals surface area contributed by atoms with Crippen LogP contribution in [0.3, 0.4) is 0 Å². The summed E-state index contributed by atoms with van der Waals surface area (Å²) in [7, 11) is -0.504. The summed E-state index contributed by atoms with van der Waals surface area (Å²) in [6.07, 6.45) is 1.24. The Kier molecular flexibility index (Phi) is 6.44. The first kappa shape index (κ1) is 24.2. The maximum atomic E-state index is 13.5. The second-order valence-electron chi connectivity index (χ2n) is 9.44. The van der Waals surface area contributed by atoms with Crippen LogP contribution in [0, 0.1) is 5.92 Å². The van der Waals surface area contributed by atoms with E-state index in [0.717, 1.165) is 17.0 Å². The highest BCUT2D eigenvalue weighted by atomic mass is 32.2. The summed E-state index contributed by atoms with van der Waals surface area (Å²) in [5.74, 6) is 0.108. The van der Waals surface area contributed by atoms with Crippen molar-refractivity contribution in [3.05, 3.63) is 53.6 Å². The molecule has 0 bridgehead atoms. The van der Waals surface area contributed by atoms with Crippen molar-refractivity contribution in [1.29, 1.82) is 0 Å². The summed E-state index contributed by atoms with van der Waals surface area (Å²) in [6, 6.07) is 12.3. The minimum atomic E-state index is -3.80. The molecule has 1 fully saturated rings. The molecule has 2 aliphatic heterocycles. The number of likely N-dealkylation sites (N-methyl/N-ethyl adjacent to an activating group) is 1. The summed E-state index contributed by atoms with van der Waals surface area (Å²) in [5, 5.41) is 2.93. The highest BCUT2D eigenvalue weighted by molar-refractivity contribution is 7.89. The molecule has 0 spiro atoms. The van der Waals surface area contributed by atoms with Gasteiger partial charge < -0.3 is 15.0 Å². The van der Waals surface area contributed by atoms with Crippen molar-refractivity contribution in [2.45, 2.75) is 43.5 Å². The van der Waals surface area contributed by atoms with Gasteiger partial charge in [0.2, 0.25) is 21.8 Å². The number of hydrogen-bond acceptors (Lipinski definition) is 5. The van der Waals surface area contributed by atoms with Gasteiger partial charge in [0.25, 0.3) is 0 Å². The van der Waals surface area contributed by atoms with Crippen LogP contribution in [0.15, 0.2) is 47.4 Å². The molecule has 2 amide bonds. The molecule has 1 atom stereocenters. The number of rotatable bonds is 6. The normalized spacial score (nSPS) is 20.2. The molecule has 4 rings (SSSR count). The van der Waals surface area contributed by atoms with Crippen molar-refractivity contribution < 1.29 is 22.7 Å². The number of benzene rings is 2. The molecule has 0 aromatic heterocycles. The number of nitrogens with zero attached hydrogens (tertiary/aromatic N) is 2. The number of nitrogens with one attached hydrogen (secondary N) is 1. The Morgan fingerprint density at radius 2 is 1.88 bits per heavy atom. The number of carbonyl (C=O) groups excluding carboxylic acids is 2. The fourth-order valence-corrected chi connectivity index (χ4v) is 6.26. The quantitative estimate of drug-likeness (QED) is 0.679. The third-order valence-electron chi connectivity index (χ3n) is 6.86. The maximum Gasteiger partial charge on any atom is 0.243 e. The van der Waals surface area contributed by atoms with Crippen LogP contribution in [-0.4, -0.2) is 51.8 Å². The van der Waals surface area contributed by atoms with Crippen LogP contribution in [0.5, 0.6) is 5.75 Å². The van der Waals surface area contributed by atoms with Gasteiger partial charge in [-0.15, -0.1) is 0 Å². The number of piperidine rings is 1. The topological polar surface area (TPSA) is 96.0 Å². The Balaban J connectivity index is 1.46. The highest BCUT2D eigenvalue weighted by Gasteiger charge is 2.43. The van der Waals surface area contributed by atoms with E-state index in [2.05, 4.69) is 5.32 Å². The number of methoxy groups -OCH3 is 1. The maximum absolute atomic E-state index is 13.5. The number of anilines is 1. The SMILES string of the molecule is COc1ccc(CNC(=O)[C@H]2CCCN(S(=O)(=O)c3ccc4c(c3)C(C)(C)C(=O)N4C)C2)cc1. The number of carbonyl (C=O) groups is 2. The van der Waals surface area contributed by atoms with Crippen LogP contribution >= 0.6 is 0 Å². The molecule has 1 N–H and O–H groups in total. The molecule has 0 radical (unpaired) electrons. The van der Waals surface area contributed by atoms with Crippen molar-refractivity contribution in [3.8, 4) is 5.75 Å². The smallest absolute Gasteiger partial charge is 0.243 e. The van der Waals surface area contributed by atoms with Crippen LogP contribution < -0.4 is 15.0 Å². The number of hydrogen-bond donors (Lipinski definition) is 1. The Morgan fingerprint density at radius 3 is 2.56 bits per heavy atom. The van der Waals surface area contributed by atoms with E-state index in [0.29, 0.717) is 31.5 Å². The van der Waals surface area contributed by atoms with Gasteiger partial charge in [0, 0.05) is 32.4 Å². The standard InChI is InChI=1S/C25H31N3O5S/c1-25(2)21-14-20(11-12-22(21)27(3)24(25)30)34(31,32)28-13-5-6-18(16-28)23(29)26-15-17-7-9-19(33-4)10-8-17/h7-12,14,18H,5-6,13,15-16H2,1-4H3,(H,26,29)/t18-/m0/s1. The molecule has 2 aromatic carbocycles.